The molecule has 1 unspecified atom stereocenters. The predicted molar refractivity (Wildman–Crippen MR) is 123 cm³/mol. The van der Waals surface area contributed by atoms with Crippen LogP contribution in [0.4, 0.5) is 0 Å². The van der Waals surface area contributed by atoms with Crippen molar-refractivity contribution in [3.05, 3.63) is 60.2 Å². The molecule has 0 amide bonds. The van der Waals surface area contributed by atoms with Crippen molar-refractivity contribution in [2.45, 2.75) is 57.3 Å². The Bertz CT molecular complexity index is 898. The number of benzene rings is 3. The van der Waals surface area contributed by atoms with Gasteiger partial charge in [-0.15, -0.1) is 0 Å². The second kappa shape index (κ2) is 9.29. The summed E-state index contributed by atoms with van der Waals surface area (Å²) in [7, 11) is -1.18. The van der Waals surface area contributed by atoms with Gasteiger partial charge in [-0.3, -0.25) is 0 Å². The Morgan fingerprint density at radius 1 is 0.931 bits per heavy atom. The molecule has 0 saturated heterocycles. The zero-order valence-corrected chi connectivity index (χ0v) is 17.1. The molecule has 29 heavy (non-hydrogen) atoms. The van der Waals surface area contributed by atoms with Gasteiger partial charge in [0.1, 0.15) is 0 Å². The second-order valence-electron chi connectivity index (χ2n) is 8.86. The molecular weight excluding hydrogens is 357 g/mol. The molecule has 0 aliphatic heterocycles. The molecule has 3 aromatic rings. The van der Waals surface area contributed by atoms with Crippen LogP contribution in [-0.2, 0) is 6.42 Å². The topological polar surface area (TPSA) is 66.5 Å². The number of unbranched alkanes of at least 4 members (excludes halogenated alkanes) is 1. The minimum Gasteiger partial charge on any atom is -0.427 e. The van der Waals surface area contributed by atoms with Gasteiger partial charge in [0.25, 0.3) is 0 Å². The highest BCUT2D eigenvalue weighted by molar-refractivity contribution is 6.40. The number of nitrogens with two attached hydrogens (primary N) is 1. The normalized spacial score (nSPS) is 20.0. The molecule has 0 heterocycles. The maximum absolute atomic E-state index is 8.93. The van der Waals surface area contributed by atoms with Gasteiger partial charge in [0, 0.05) is 6.04 Å². The van der Waals surface area contributed by atoms with Crippen LogP contribution in [0, 0.1) is 11.8 Å². The Kier molecular flexibility index (Phi) is 6.54. The van der Waals surface area contributed by atoms with E-state index >= 15 is 0 Å². The lowest BCUT2D eigenvalue weighted by Crippen LogP contribution is -2.39. The number of hydrogen-bond donors (Lipinski definition) is 3. The van der Waals surface area contributed by atoms with Crippen LogP contribution < -0.4 is 5.73 Å². The Hall–Kier alpha value is -1.88. The first kappa shape index (κ1) is 20.4. The van der Waals surface area contributed by atoms with Gasteiger partial charge in [-0.2, -0.15) is 0 Å². The number of fused-ring (bicyclic) bond motifs is 2. The van der Waals surface area contributed by atoms with Crippen LogP contribution in [0.5, 0.6) is 0 Å². The van der Waals surface area contributed by atoms with Crippen LogP contribution in [0.15, 0.2) is 54.6 Å². The van der Waals surface area contributed by atoms with Crippen LogP contribution in [0.3, 0.4) is 0 Å². The lowest BCUT2D eigenvalue weighted by molar-refractivity contribution is 0.147. The van der Waals surface area contributed by atoms with E-state index in [2.05, 4.69) is 54.6 Å². The lowest BCUT2D eigenvalue weighted by Gasteiger charge is -2.39. The van der Waals surface area contributed by atoms with Crippen molar-refractivity contribution in [1.82, 2.24) is 0 Å². The van der Waals surface area contributed by atoms with Crippen LogP contribution in [0.2, 0.25) is 6.32 Å². The van der Waals surface area contributed by atoms with Gasteiger partial charge in [-0.05, 0) is 83.4 Å². The molecule has 0 aromatic heterocycles. The van der Waals surface area contributed by atoms with E-state index in [0.717, 1.165) is 31.6 Å². The van der Waals surface area contributed by atoms with Gasteiger partial charge in [0.15, 0.2) is 0 Å². The SMILES string of the molecule is NC(CCCCB(O)O)C1CC(CCc2c3ccccc3cc3ccccc23)C1. The van der Waals surface area contributed by atoms with Gasteiger partial charge >= 0.3 is 7.12 Å². The molecule has 1 fully saturated rings. The average molecular weight is 389 g/mol. The third kappa shape index (κ3) is 4.83. The summed E-state index contributed by atoms with van der Waals surface area (Å²) in [5, 5.41) is 23.3. The zero-order chi connectivity index (χ0) is 20.2. The molecule has 4 N–H and O–H groups in total. The summed E-state index contributed by atoms with van der Waals surface area (Å²) in [4.78, 5) is 0. The molecule has 1 aliphatic rings. The molecule has 4 rings (SSSR count). The first-order valence-corrected chi connectivity index (χ1v) is 11.1. The van der Waals surface area contributed by atoms with E-state index in [1.807, 2.05) is 0 Å². The van der Waals surface area contributed by atoms with Crippen molar-refractivity contribution in [2.75, 3.05) is 0 Å². The molecule has 0 radical (unpaired) electrons. The summed E-state index contributed by atoms with van der Waals surface area (Å²) in [5.41, 5.74) is 7.88. The first-order valence-electron chi connectivity index (χ1n) is 11.1. The van der Waals surface area contributed by atoms with Crippen molar-refractivity contribution in [1.29, 1.82) is 0 Å². The maximum Gasteiger partial charge on any atom is 0.451 e. The summed E-state index contributed by atoms with van der Waals surface area (Å²) in [6.07, 6.45) is 8.13. The molecular formula is C25H32BNO2. The van der Waals surface area contributed by atoms with Crippen molar-refractivity contribution in [2.24, 2.45) is 17.6 Å². The molecule has 1 atom stereocenters. The second-order valence-corrected chi connectivity index (χ2v) is 8.86. The highest BCUT2D eigenvalue weighted by atomic mass is 16.4. The summed E-state index contributed by atoms with van der Waals surface area (Å²) in [6, 6.07) is 20.1. The van der Waals surface area contributed by atoms with Crippen molar-refractivity contribution < 1.29 is 10.0 Å². The summed E-state index contributed by atoms with van der Waals surface area (Å²) >= 11 is 0. The number of rotatable bonds is 9. The molecule has 1 aliphatic carbocycles. The molecule has 4 heteroatoms. The monoisotopic (exact) mass is 389 g/mol. The molecule has 152 valence electrons. The van der Waals surface area contributed by atoms with E-state index in [0.29, 0.717) is 12.2 Å². The van der Waals surface area contributed by atoms with Gasteiger partial charge < -0.3 is 15.8 Å². The quantitative estimate of drug-likeness (QED) is 0.276. The van der Waals surface area contributed by atoms with Crippen molar-refractivity contribution in [3.63, 3.8) is 0 Å². The molecule has 1 saturated carbocycles. The third-order valence-electron chi connectivity index (χ3n) is 6.81. The standard InChI is InChI=1S/C25H32BNO2/c27-25(11-5-6-14-26(28)29)21-15-18(16-21)12-13-24-22-9-3-1-7-19(22)17-20-8-2-4-10-23(20)24/h1-4,7-10,17-18,21,25,28-29H,5-6,11-16,27H2. The van der Waals surface area contributed by atoms with Crippen molar-refractivity contribution >= 4 is 28.7 Å². The van der Waals surface area contributed by atoms with E-state index in [9.17, 15) is 0 Å². The van der Waals surface area contributed by atoms with Gasteiger partial charge in [0.05, 0.1) is 0 Å². The fraction of sp³-hybridized carbons (Fsp3) is 0.440. The molecule has 0 spiro atoms. The maximum atomic E-state index is 8.93. The lowest BCUT2D eigenvalue weighted by atomic mass is 9.68. The predicted octanol–water partition coefficient (Wildman–Crippen LogP) is 4.92. The van der Waals surface area contributed by atoms with E-state index in [1.54, 1.807) is 0 Å². The Balaban J connectivity index is 1.34. The fourth-order valence-corrected chi connectivity index (χ4v) is 5.04. The zero-order valence-electron chi connectivity index (χ0n) is 17.1. The summed E-state index contributed by atoms with van der Waals surface area (Å²) < 4.78 is 0. The summed E-state index contributed by atoms with van der Waals surface area (Å²) in [5.74, 6) is 1.42. The Morgan fingerprint density at radius 2 is 1.55 bits per heavy atom. The third-order valence-corrected chi connectivity index (χ3v) is 6.81. The Morgan fingerprint density at radius 3 is 2.17 bits per heavy atom. The average Bonchev–Trinajstić information content (AvgIpc) is 2.69. The van der Waals surface area contributed by atoms with Crippen LogP contribution in [0.1, 0.15) is 44.1 Å². The van der Waals surface area contributed by atoms with E-state index in [4.69, 9.17) is 15.8 Å². The molecule has 0 bridgehead atoms. The van der Waals surface area contributed by atoms with E-state index < -0.39 is 7.12 Å². The molecule has 3 aromatic carbocycles. The Labute approximate surface area is 174 Å². The highest BCUT2D eigenvalue weighted by Gasteiger charge is 2.32. The van der Waals surface area contributed by atoms with Crippen LogP contribution in [0.25, 0.3) is 21.5 Å². The van der Waals surface area contributed by atoms with E-state index in [1.165, 1.54) is 46.4 Å². The summed E-state index contributed by atoms with van der Waals surface area (Å²) in [6.45, 7) is 0. The van der Waals surface area contributed by atoms with Crippen LogP contribution in [-0.4, -0.2) is 23.2 Å². The minimum atomic E-state index is -1.18. The van der Waals surface area contributed by atoms with Gasteiger partial charge in [-0.1, -0.05) is 61.4 Å². The molecule has 3 nitrogen and oxygen atoms in total. The van der Waals surface area contributed by atoms with E-state index in [-0.39, 0.29) is 6.04 Å². The van der Waals surface area contributed by atoms with Gasteiger partial charge in [-0.25, -0.2) is 0 Å². The van der Waals surface area contributed by atoms with Crippen LogP contribution >= 0.6 is 0 Å². The minimum absolute atomic E-state index is 0.264. The largest absolute Gasteiger partial charge is 0.451 e. The first-order chi connectivity index (χ1) is 14.1. The number of aryl methyl sites for hydroxylation is 1. The highest BCUT2D eigenvalue weighted by Crippen LogP contribution is 2.40. The van der Waals surface area contributed by atoms with Gasteiger partial charge in [0.2, 0.25) is 0 Å². The van der Waals surface area contributed by atoms with Crippen molar-refractivity contribution in [3.8, 4) is 0 Å². The number of hydrogen-bond acceptors (Lipinski definition) is 3. The smallest absolute Gasteiger partial charge is 0.427 e. The fourth-order valence-electron chi connectivity index (χ4n) is 5.04.